The number of carbonyl (C=O) groups excluding carboxylic acids is 1. The summed E-state index contributed by atoms with van der Waals surface area (Å²) in [4.78, 5) is 12.5. The van der Waals surface area contributed by atoms with Crippen LogP contribution in [-0.2, 0) is 4.79 Å². The van der Waals surface area contributed by atoms with Crippen LogP contribution in [0.2, 0.25) is 0 Å². The Morgan fingerprint density at radius 3 is 2.52 bits per heavy atom. The van der Waals surface area contributed by atoms with Crippen molar-refractivity contribution in [2.45, 2.75) is 51.0 Å². The van der Waals surface area contributed by atoms with Crippen molar-refractivity contribution in [3.8, 4) is 0 Å². The quantitative estimate of drug-likeness (QED) is 0.845. The zero-order valence-electron chi connectivity index (χ0n) is 14.5. The van der Waals surface area contributed by atoms with Crippen molar-refractivity contribution in [1.29, 1.82) is 0 Å². The van der Waals surface area contributed by atoms with E-state index in [4.69, 9.17) is 5.73 Å². The number of benzene rings is 1. The normalized spacial score (nSPS) is 29.4. The van der Waals surface area contributed by atoms with E-state index in [1.54, 1.807) is 0 Å². The lowest BCUT2D eigenvalue weighted by molar-refractivity contribution is -0.127. The van der Waals surface area contributed by atoms with E-state index in [0.29, 0.717) is 23.9 Å². The lowest BCUT2D eigenvalue weighted by Gasteiger charge is -2.43. The highest BCUT2D eigenvalue weighted by Gasteiger charge is 2.40. The van der Waals surface area contributed by atoms with Crippen LogP contribution in [0, 0.1) is 29.4 Å². The number of fused-ring (bicyclic) bond motifs is 2. The van der Waals surface area contributed by atoms with Crippen LogP contribution in [0.5, 0.6) is 0 Å². The van der Waals surface area contributed by atoms with Crippen molar-refractivity contribution in [2.24, 2.45) is 23.5 Å². The second kappa shape index (κ2) is 8.45. The molecule has 6 heteroatoms. The van der Waals surface area contributed by atoms with Gasteiger partial charge in [-0.15, -0.1) is 12.4 Å². The third kappa shape index (κ3) is 4.50. The van der Waals surface area contributed by atoms with Gasteiger partial charge in [0.1, 0.15) is 11.6 Å². The highest BCUT2D eigenvalue weighted by Crippen LogP contribution is 2.41. The first kappa shape index (κ1) is 20.1. The Balaban J connectivity index is 0.00000225. The summed E-state index contributed by atoms with van der Waals surface area (Å²) in [5.74, 6) is -0.355. The van der Waals surface area contributed by atoms with Crippen molar-refractivity contribution >= 4 is 18.3 Å². The number of halogens is 3. The van der Waals surface area contributed by atoms with Gasteiger partial charge in [0.25, 0.3) is 0 Å². The SMILES string of the molecule is CC(CNC(=O)C1CC2CCCC(C1)C2N)c1ccc(F)cc1F.Cl. The molecule has 3 N–H and O–H groups in total. The van der Waals surface area contributed by atoms with Crippen LogP contribution in [-0.4, -0.2) is 18.5 Å². The van der Waals surface area contributed by atoms with Gasteiger partial charge in [-0.05, 0) is 49.1 Å². The second-order valence-electron chi connectivity index (χ2n) is 7.51. The fourth-order valence-corrected chi connectivity index (χ4v) is 4.41. The van der Waals surface area contributed by atoms with Crippen molar-refractivity contribution < 1.29 is 13.6 Å². The Bertz CT molecular complexity index is 599. The molecule has 0 radical (unpaired) electrons. The Morgan fingerprint density at radius 1 is 1.28 bits per heavy atom. The Kier molecular flexibility index (Phi) is 6.80. The number of hydrogen-bond acceptors (Lipinski definition) is 2. The van der Waals surface area contributed by atoms with Crippen LogP contribution < -0.4 is 11.1 Å². The highest BCUT2D eigenvalue weighted by atomic mass is 35.5. The molecule has 3 atom stereocenters. The summed E-state index contributed by atoms with van der Waals surface area (Å²) < 4.78 is 26.8. The standard InChI is InChI=1S/C19H26F2N2O.ClH/c1-11(16-6-5-15(20)9-17(16)21)10-23-19(24)14-7-12-3-2-4-13(8-14)18(12)22;/h5-6,9,11-14,18H,2-4,7-8,10,22H2,1H3,(H,23,24);1H. The van der Waals surface area contributed by atoms with E-state index in [0.717, 1.165) is 31.7 Å². The largest absolute Gasteiger partial charge is 0.355 e. The minimum atomic E-state index is -0.586. The van der Waals surface area contributed by atoms with Gasteiger partial charge in [-0.2, -0.15) is 0 Å². The van der Waals surface area contributed by atoms with Crippen molar-refractivity contribution in [1.82, 2.24) is 5.32 Å². The van der Waals surface area contributed by atoms with E-state index in [2.05, 4.69) is 5.32 Å². The van der Waals surface area contributed by atoms with E-state index in [9.17, 15) is 13.6 Å². The molecule has 2 saturated carbocycles. The molecule has 140 valence electrons. The van der Waals surface area contributed by atoms with Crippen LogP contribution in [0.1, 0.15) is 50.5 Å². The number of rotatable bonds is 4. The highest BCUT2D eigenvalue weighted by molar-refractivity contribution is 5.85. The van der Waals surface area contributed by atoms with Gasteiger partial charge in [0, 0.05) is 30.5 Å². The third-order valence-electron chi connectivity index (χ3n) is 5.86. The molecule has 0 spiro atoms. The summed E-state index contributed by atoms with van der Waals surface area (Å²) in [7, 11) is 0. The fourth-order valence-electron chi connectivity index (χ4n) is 4.41. The first-order valence-electron chi connectivity index (χ1n) is 8.94. The molecule has 0 aromatic heterocycles. The monoisotopic (exact) mass is 372 g/mol. The molecule has 0 aliphatic heterocycles. The minimum Gasteiger partial charge on any atom is -0.355 e. The minimum absolute atomic E-state index is 0. The maximum atomic E-state index is 13.8. The number of amides is 1. The van der Waals surface area contributed by atoms with E-state index >= 15 is 0 Å². The third-order valence-corrected chi connectivity index (χ3v) is 5.86. The molecule has 2 aliphatic carbocycles. The predicted octanol–water partition coefficient (Wildman–Crippen LogP) is 3.76. The first-order chi connectivity index (χ1) is 11.5. The second-order valence-corrected chi connectivity index (χ2v) is 7.51. The van der Waals surface area contributed by atoms with Gasteiger partial charge in [0.15, 0.2) is 0 Å². The average Bonchev–Trinajstić information content (AvgIpc) is 2.52. The summed E-state index contributed by atoms with van der Waals surface area (Å²) in [5, 5.41) is 2.96. The lowest BCUT2D eigenvalue weighted by Crippen LogP contribution is -2.49. The number of hydrogen-bond donors (Lipinski definition) is 2. The van der Waals surface area contributed by atoms with E-state index < -0.39 is 11.6 Å². The van der Waals surface area contributed by atoms with E-state index in [1.807, 2.05) is 6.92 Å². The van der Waals surface area contributed by atoms with Crippen LogP contribution in [0.4, 0.5) is 8.78 Å². The number of nitrogens with one attached hydrogen (secondary N) is 1. The summed E-state index contributed by atoms with van der Waals surface area (Å²) in [6, 6.07) is 3.83. The molecule has 0 saturated heterocycles. The van der Waals surface area contributed by atoms with Crippen molar-refractivity contribution in [3.63, 3.8) is 0 Å². The molecule has 0 heterocycles. The van der Waals surface area contributed by atoms with Gasteiger partial charge in [-0.25, -0.2) is 8.78 Å². The molecule has 3 unspecified atom stereocenters. The molecule has 2 aliphatic rings. The molecule has 2 fully saturated rings. The molecular formula is C19H27ClF2N2O. The van der Waals surface area contributed by atoms with Crippen LogP contribution in [0.25, 0.3) is 0 Å². The van der Waals surface area contributed by atoms with Crippen LogP contribution in [0.3, 0.4) is 0 Å². The van der Waals surface area contributed by atoms with Crippen LogP contribution in [0.15, 0.2) is 18.2 Å². The topological polar surface area (TPSA) is 55.1 Å². The van der Waals surface area contributed by atoms with Gasteiger partial charge in [0.2, 0.25) is 5.91 Å². The number of carbonyl (C=O) groups is 1. The van der Waals surface area contributed by atoms with Gasteiger partial charge in [-0.1, -0.05) is 19.4 Å². The van der Waals surface area contributed by atoms with Crippen LogP contribution >= 0.6 is 12.4 Å². The summed E-state index contributed by atoms with van der Waals surface area (Å²) >= 11 is 0. The summed E-state index contributed by atoms with van der Waals surface area (Å²) in [6.45, 7) is 2.20. The summed E-state index contributed by atoms with van der Waals surface area (Å²) in [5.41, 5.74) is 6.70. The van der Waals surface area contributed by atoms with Gasteiger partial charge in [0.05, 0.1) is 0 Å². The summed E-state index contributed by atoms with van der Waals surface area (Å²) in [6.07, 6.45) is 5.20. The predicted molar refractivity (Wildman–Crippen MR) is 96.6 cm³/mol. The first-order valence-corrected chi connectivity index (χ1v) is 8.94. The zero-order valence-corrected chi connectivity index (χ0v) is 15.3. The zero-order chi connectivity index (χ0) is 17.3. The molecular weight excluding hydrogens is 346 g/mol. The van der Waals surface area contributed by atoms with Gasteiger partial charge in [-0.3, -0.25) is 4.79 Å². The molecule has 1 aromatic rings. The molecule has 1 aromatic carbocycles. The molecule has 3 rings (SSSR count). The smallest absolute Gasteiger partial charge is 0.223 e. The molecule has 3 nitrogen and oxygen atoms in total. The maximum Gasteiger partial charge on any atom is 0.223 e. The number of nitrogens with two attached hydrogens (primary N) is 1. The van der Waals surface area contributed by atoms with Crippen molar-refractivity contribution in [2.75, 3.05) is 6.54 Å². The molecule has 25 heavy (non-hydrogen) atoms. The van der Waals surface area contributed by atoms with Gasteiger partial charge >= 0.3 is 0 Å². The Labute approximate surface area is 154 Å². The van der Waals surface area contributed by atoms with E-state index in [-0.39, 0.29) is 36.2 Å². The average molecular weight is 373 g/mol. The van der Waals surface area contributed by atoms with Gasteiger partial charge < -0.3 is 11.1 Å². The molecule has 1 amide bonds. The van der Waals surface area contributed by atoms with E-state index in [1.165, 1.54) is 18.6 Å². The lowest BCUT2D eigenvalue weighted by atomic mass is 9.65. The Hall–Kier alpha value is -1.20. The molecule has 2 bridgehead atoms. The fraction of sp³-hybridized carbons (Fsp3) is 0.632. The maximum absolute atomic E-state index is 13.8. The Morgan fingerprint density at radius 2 is 1.92 bits per heavy atom. The van der Waals surface area contributed by atoms with Crippen molar-refractivity contribution in [3.05, 3.63) is 35.4 Å².